The molecule has 1 aliphatic heterocycles. The highest BCUT2D eigenvalue weighted by Crippen LogP contribution is 2.29. The van der Waals surface area contributed by atoms with E-state index in [1.165, 1.54) is 18.5 Å². The summed E-state index contributed by atoms with van der Waals surface area (Å²) in [6, 6.07) is 13.9. The van der Waals surface area contributed by atoms with Gasteiger partial charge in [0, 0.05) is 0 Å². The Balaban J connectivity index is 0.000000789. The Morgan fingerprint density at radius 1 is 1.22 bits per heavy atom. The number of aldehydes is 1. The zero-order chi connectivity index (χ0) is 19.7. The van der Waals surface area contributed by atoms with Crippen LogP contribution in [0.4, 0.5) is 13.2 Å². The van der Waals surface area contributed by atoms with E-state index in [4.69, 9.17) is 4.84 Å². The monoisotopic (exact) mass is 378 g/mol. The number of carbonyl (C=O) groups excluding carboxylic acids is 1. The van der Waals surface area contributed by atoms with Crippen LogP contribution in [0.15, 0.2) is 64.9 Å². The third kappa shape index (κ3) is 6.93. The van der Waals surface area contributed by atoms with Crippen molar-refractivity contribution in [3.8, 4) is 0 Å². The Kier molecular flexibility index (Phi) is 7.10. The third-order valence-electron chi connectivity index (χ3n) is 3.56. The minimum Gasteiger partial charge on any atom is -0.394 e. The number of hydrogen-bond donors (Lipinski definition) is 0. The van der Waals surface area contributed by atoms with Crippen molar-refractivity contribution < 1.29 is 27.6 Å². The van der Waals surface area contributed by atoms with Gasteiger partial charge < -0.3 is 14.5 Å². The Labute approximate surface area is 154 Å². The number of hydrogen-bond acceptors (Lipinski definition) is 5. The highest BCUT2D eigenvalue weighted by atomic mass is 19.4. The standard InChI is InChI=1S/C18H16F3NO2.CHNO/c1-13(15-8-5-9-17(10-15)18(19,20)21)22-24-12-16(11-23)14-6-3-2-4-7-14;1-2-3-1/h2-11,16H,12H2,1H3;1H. The van der Waals surface area contributed by atoms with Gasteiger partial charge in [-0.05, 0) is 35.3 Å². The summed E-state index contributed by atoms with van der Waals surface area (Å²) in [5, 5.41) is 6.95. The summed E-state index contributed by atoms with van der Waals surface area (Å²) in [6.45, 7) is 1.57. The maximum absolute atomic E-state index is 12.7. The van der Waals surface area contributed by atoms with E-state index in [-0.39, 0.29) is 6.61 Å². The molecule has 0 spiro atoms. The summed E-state index contributed by atoms with van der Waals surface area (Å²) >= 11 is 0. The van der Waals surface area contributed by atoms with E-state index in [0.29, 0.717) is 11.3 Å². The van der Waals surface area contributed by atoms with Crippen molar-refractivity contribution in [1.29, 1.82) is 0 Å². The molecule has 2 aromatic carbocycles. The number of benzene rings is 2. The summed E-state index contributed by atoms with van der Waals surface area (Å²) in [7, 11) is 0. The second-order valence-electron chi connectivity index (χ2n) is 5.52. The molecule has 0 saturated carbocycles. The van der Waals surface area contributed by atoms with E-state index >= 15 is 0 Å². The number of rotatable bonds is 6. The summed E-state index contributed by atoms with van der Waals surface area (Å²) in [5.74, 6) is -0.482. The summed E-state index contributed by atoms with van der Waals surface area (Å²) in [5.41, 5.74) is 0.662. The molecule has 5 nitrogen and oxygen atoms in total. The molecule has 27 heavy (non-hydrogen) atoms. The Hall–Kier alpha value is -3.16. The van der Waals surface area contributed by atoms with Crippen LogP contribution in [0.1, 0.15) is 29.5 Å². The van der Waals surface area contributed by atoms with Gasteiger partial charge >= 0.3 is 6.18 Å². The van der Waals surface area contributed by atoms with Crippen molar-refractivity contribution in [2.45, 2.75) is 19.0 Å². The topological polar surface area (TPSA) is 63.6 Å². The highest BCUT2D eigenvalue weighted by Gasteiger charge is 2.30. The molecule has 1 atom stereocenters. The van der Waals surface area contributed by atoms with Crippen LogP contribution in [0.5, 0.6) is 0 Å². The molecule has 2 aromatic rings. The molecule has 0 aromatic heterocycles. The van der Waals surface area contributed by atoms with Crippen LogP contribution in [-0.4, -0.2) is 25.0 Å². The van der Waals surface area contributed by atoms with Gasteiger partial charge in [-0.15, -0.1) is 0 Å². The van der Waals surface area contributed by atoms with Crippen LogP contribution in [0.25, 0.3) is 0 Å². The lowest BCUT2D eigenvalue weighted by molar-refractivity contribution is -0.137. The quantitative estimate of drug-likeness (QED) is 0.425. The zero-order valence-electron chi connectivity index (χ0n) is 14.4. The highest BCUT2D eigenvalue weighted by molar-refractivity contribution is 5.98. The van der Waals surface area contributed by atoms with Gasteiger partial charge in [-0.3, -0.25) is 0 Å². The van der Waals surface area contributed by atoms with Crippen molar-refractivity contribution in [2.24, 2.45) is 10.3 Å². The molecule has 8 heteroatoms. The first-order valence-electron chi connectivity index (χ1n) is 7.94. The van der Waals surface area contributed by atoms with Crippen molar-refractivity contribution >= 4 is 18.4 Å². The van der Waals surface area contributed by atoms with E-state index in [1.807, 2.05) is 18.2 Å². The van der Waals surface area contributed by atoms with Crippen molar-refractivity contribution in [3.05, 3.63) is 71.3 Å². The lowest BCUT2D eigenvalue weighted by Crippen LogP contribution is -2.09. The van der Waals surface area contributed by atoms with Gasteiger partial charge in [-0.1, -0.05) is 47.6 Å². The summed E-state index contributed by atoms with van der Waals surface area (Å²) in [6.07, 6.45) is -2.28. The molecule has 0 aliphatic carbocycles. The second kappa shape index (κ2) is 9.51. The van der Waals surface area contributed by atoms with Crippen LogP contribution in [0.2, 0.25) is 0 Å². The van der Waals surface area contributed by atoms with Crippen molar-refractivity contribution in [2.75, 3.05) is 6.61 Å². The van der Waals surface area contributed by atoms with Crippen molar-refractivity contribution in [3.63, 3.8) is 0 Å². The fourth-order valence-electron chi connectivity index (χ4n) is 2.10. The van der Waals surface area contributed by atoms with E-state index in [1.54, 1.807) is 19.1 Å². The van der Waals surface area contributed by atoms with Crippen LogP contribution in [0.3, 0.4) is 0 Å². The third-order valence-corrected chi connectivity index (χ3v) is 3.56. The first-order chi connectivity index (χ1) is 12.9. The fraction of sp³-hybridized carbons (Fsp3) is 0.211. The lowest BCUT2D eigenvalue weighted by atomic mass is 10.0. The first-order valence-corrected chi connectivity index (χ1v) is 7.94. The van der Waals surface area contributed by atoms with Crippen LogP contribution < -0.4 is 0 Å². The molecule has 1 heterocycles. The van der Waals surface area contributed by atoms with E-state index in [2.05, 4.69) is 15.1 Å². The number of carbonyl (C=O) groups is 1. The molecular weight excluding hydrogens is 361 g/mol. The predicted octanol–water partition coefficient (Wildman–Crippen LogP) is 4.39. The minimum atomic E-state index is -4.41. The average molecular weight is 378 g/mol. The van der Waals surface area contributed by atoms with Crippen LogP contribution in [-0.2, 0) is 20.6 Å². The van der Waals surface area contributed by atoms with Gasteiger partial charge in [-0.2, -0.15) is 13.2 Å². The van der Waals surface area contributed by atoms with Gasteiger partial charge in [0.05, 0.1) is 17.2 Å². The molecule has 0 radical (unpaired) electrons. The maximum atomic E-state index is 12.7. The van der Waals surface area contributed by atoms with E-state index in [0.717, 1.165) is 24.0 Å². The molecule has 142 valence electrons. The summed E-state index contributed by atoms with van der Waals surface area (Å²) in [4.78, 5) is 20.3. The Morgan fingerprint density at radius 3 is 2.44 bits per heavy atom. The molecule has 1 unspecified atom stereocenters. The Bertz CT molecular complexity index is 801. The van der Waals surface area contributed by atoms with Gasteiger partial charge in [0.15, 0.2) is 0 Å². The molecule has 0 fully saturated rings. The molecular formula is C19H17F3N2O3. The van der Waals surface area contributed by atoms with Crippen LogP contribution >= 0.6 is 0 Å². The molecule has 3 rings (SSSR count). The smallest absolute Gasteiger partial charge is 0.394 e. The number of nitrogens with zero attached hydrogens (tertiary/aromatic N) is 2. The van der Waals surface area contributed by atoms with Crippen molar-refractivity contribution in [1.82, 2.24) is 0 Å². The molecule has 0 bridgehead atoms. The molecule has 0 saturated heterocycles. The SMILES string of the molecule is C1=NO1.CC(=NOCC(C=O)c1ccccc1)c1cccc(C(F)(F)F)c1. The minimum absolute atomic E-state index is 0.0177. The molecule has 0 amide bonds. The van der Waals surface area contributed by atoms with Gasteiger partial charge in [0.2, 0.25) is 6.40 Å². The number of halogens is 3. The maximum Gasteiger partial charge on any atom is 0.416 e. The number of oxime groups is 2. The average Bonchev–Trinajstić information content (AvgIpc) is 3.54. The molecule has 1 aliphatic rings. The number of alkyl halides is 3. The van der Waals surface area contributed by atoms with E-state index in [9.17, 15) is 18.0 Å². The predicted molar refractivity (Wildman–Crippen MR) is 94.4 cm³/mol. The van der Waals surface area contributed by atoms with E-state index < -0.39 is 17.7 Å². The fourth-order valence-corrected chi connectivity index (χ4v) is 2.10. The lowest BCUT2D eigenvalue weighted by Gasteiger charge is -2.10. The Morgan fingerprint density at radius 2 is 1.89 bits per heavy atom. The van der Waals surface area contributed by atoms with Gasteiger partial charge in [-0.25, -0.2) is 0 Å². The van der Waals surface area contributed by atoms with Gasteiger partial charge in [0.1, 0.15) is 12.9 Å². The first kappa shape index (κ1) is 20.2. The normalized spacial score (nSPS) is 13.7. The second-order valence-corrected chi connectivity index (χ2v) is 5.52. The largest absolute Gasteiger partial charge is 0.416 e. The molecule has 0 N–H and O–H groups in total. The zero-order valence-corrected chi connectivity index (χ0v) is 14.4. The van der Waals surface area contributed by atoms with Crippen LogP contribution in [0, 0.1) is 0 Å². The van der Waals surface area contributed by atoms with Gasteiger partial charge in [0.25, 0.3) is 0 Å². The summed E-state index contributed by atoms with van der Waals surface area (Å²) < 4.78 is 38.1.